The van der Waals surface area contributed by atoms with Crippen molar-refractivity contribution in [3.63, 3.8) is 0 Å². The van der Waals surface area contributed by atoms with E-state index in [0.717, 1.165) is 37.1 Å². The van der Waals surface area contributed by atoms with E-state index >= 15 is 0 Å². The van der Waals surface area contributed by atoms with Crippen molar-refractivity contribution in [2.24, 2.45) is 4.99 Å². The van der Waals surface area contributed by atoms with Gasteiger partial charge >= 0.3 is 6.03 Å². The van der Waals surface area contributed by atoms with Gasteiger partial charge in [-0.25, -0.2) is 19.8 Å². The van der Waals surface area contributed by atoms with E-state index < -0.39 is 0 Å². The number of anilines is 2. The maximum Gasteiger partial charge on any atom is 0.328 e. The van der Waals surface area contributed by atoms with Gasteiger partial charge in [0.2, 0.25) is 11.9 Å². The highest BCUT2D eigenvalue weighted by atomic mass is 35.5. The van der Waals surface area contributed by atoms with Crippen molar-refractivity contribution in [3.05, 3.63) is 45.7 Å². The van der Waals surface area contributed by atoms with E-state index in [1.165, 1.54) is 0 Å². The van der Waals surface area contributed by atoms with Crippen LogP contribution in [0.2, 0.25) is 10.0 Å². The molecule has 2 aliphatic rings. The Kier molecular flexibility index (Phi) is 5.61. The number of hydrogen-bond donors (Lipinski definition) is 2. The van der Waals surface area contributed by atoms with Gasteiger partial charge in [-0.2, -0.15) is 0 Å². The number of urea groups is 1. The molecule has 4 rings (SSSR count). The maximum absolute atomic E-state index is 13.2. The molecule has 1 fully saturated rings. The van der Waals surface area contributed by atoms with Crippen molar-refractivity contribution in [1.29, 1.82) is 0 Å². The highest BCUT2D eigenvalue weighted by molar-refractivity contribution is 6.35. The third-order valence-corrected chi connectivity index (χ3v) is 5.52. The van der Waals surface area contributed by atoms with Crippen LogP contribution in [0.4, 0.5) is 16.4 Å². The number of hydrogen-bond acceptors (Lipinski definition) is 5. The second-order valence-electron chi connectivity index (χ2n) is 7.43. The minimum Gasteiger partial charge on any atom is -0.307 e. The van der Waals surface area contributed by atoms with Crippen molar-refractivity contribution in [1.82, 2.24) is 14.9 Å². The van der Waals surface area contributed by atoms with Gasteiger partial charge in [-0.1, -0.05) is 36.0 Å². The molecule has 0 spiro atoms. The third-order valence-electron chi connectivity index (χ3n) is 5.08. The van der Waals surface area contributed by atoms with E-state index in [-0.39, 0.29) is 18.1 Å². The standard InChI is InChI=1S/C20H22Cl2N6O/c1-11-7-12(2)24-18(23-11)27-19-26-16-5-3-4-6-17(16)28(19)20(29)25-15-9-13(21)8-14(22)10-15/h7-10,16-17H,3-6H2,1-2H3,(H,25,29)(H,23,24,26,27)/t16-,17-/m1/s1. The molecule has 1 aromatic carbocycles. The molecule has 29 heavy (non-hydrogen) atoms. The molecule has 2 amide bonds. The fourth-order valence-electron chi connectivity index (χ4n) is 3.95. The number of aromatic nitrogens is 2. The van der Waals surface area contributed by atoms with Crippen LogP contribution in [0.25, 0.3) is 0 Å². The molecule has 0 radical (unpaired) electrons. The largest absolute Gasteiger partial charge is 0.328 e. The summed E-state index contributed by atoms with van der Waals surface area (Å²) in [4.78, 5) is 28.5. The van der Waals surface area contributed by atoms with Crippen LogP contribution in [0.5, 0.6) is 0 Å². The number of guanidine groups is 1. The number of benzene rings is 1. The van der Waals surface area contributed by atoms with Crippen LogP contribution in [0.3, 0.4) is 0 Å². The van der Waals surface area contributed by atoms with E-state index in [1.54, 1.807) is 23.1 Å². The summed E-state index contributed by atoms with van der Waals surface area (Å²) in [6.45, 7) is 3.81. The Bertz CT molecular complexity index is 939. The minimum atomic E-state index is -0.284. The van der Waals surface area contributed by atoms with Crippen LogP contribution >= 0.6 is 23.2 Å². The quantitative estimate of drug-likeness (QED) is 0.696. The summed E-state index contributed by atoms with van der Waals surface area (Å²) in [6.07, 6.45) is 4.03. The van der Waals surface area contributed by atoms with Crippen LogP contribution in [0, 0.1) is 13.8 Å². The summed E-state index contributed by atoms with van der Waals surface area (Å²) in [5.41, 5.74) is 2.23. The average molecular weight is 433 g/mol. The van der Waals surface area contributed by atoms with Gasteiger partial charge in [-0.15, -0.1) is 0 Å². The molecule has 152 valence electrons. The van der Waals surface area contributed by atoms with E-state index in [0.29, 0.717) is 27.6 Å². The molecule has 1 aliphatic heterocycles. The minimum absolute atomic E-state index is 0.00631. The van der Waals surface area contributed by atoms with Gasteiger partial charge in [0.15, 0.2) is 0 Å². The smallest absolute Gasteiger partial charge is 0.307 e. The maximum atomic E-state index is 13.2. The van der Waals surface area contributed by atoms with E-state index in [1.807, 2.05) is 19.9 Å². The normalized spacial score (nSPS) is 20.8. The van der Waals surface area contributed by atoms with Crippen LogP contribution < -0.4 is 10.6 Å². The number of carbonyl (C=O) groups is 1. The zero-order valence-electron chi connectivity index (χ0n) is 16.2. The van der Waals surface area contributed by atoms with Crippen molar-refractivity contribution >= 4 is 46.8 Å². The Hall–Kier alpha value is -2.38. The summed E-state index contributed by atoms with van der Waals surface area (Å²) in [5.74, 6) is 0.904. The third kappa shape index (κ3) is 4.46. The second kappa shape index (κ2) is 8.16. The van der Waals surface area contributed by atoms with Crippen molar-refractivity contribution < 1.29 is 4.79 Å². The molecule has 1 aliphatic carbocycles. The number of fused-ring (bicyclic) bond motifs is 1. The first-order valence-electron chi connectivity index (χ1n) is 9.62. The number of aryl methyl sites for hydroxylation is 2. The molecule has 2 heterocycles. The molecule has 1 saturated carbocycles. The number of rotatable bonds is 2. The molecule has 7 nitrogen and oxygen atoms in total. The van der Waals surface area contributed by atoms with Crippen LogP contribution in [0.15, 0.2) is 29.3 Å². The molecular weight excluding hydrogens is 411 g/mol. The van der Waals surface area contributed by atoms with E-state index in [4.69, 9.17) is 28.2 Å². The molecule has 2 N–H and O–H groups in total. The Morgan fingerprint density at radius 2 is 1.69 bits per heavy atom. The molecule has 2 atom stereocenters. The molecule has 9 heteroatoms. The summed E-state index contributed by atoms with van der Waals surface area (Å²) >= 11 is 12.1. The first-order chi connectivity index (χ1) is 13.9. The van der Waals surface area contributed by atoms with E-state index in [9.17, 15) is 4.79 Å². The van der Waals surface area contributed by atoms with Crippen LogP contribution in [-0.2, 0) is 0 Å². The van der Waals surface area contributed by atoms with Crippen LogP contribution in [0.1, 0.15) is 37.1 Å². The first kappa shape index (κ1) is 19.9. The zero-order valence-corrected chi connectivity index (χ0v) is 17.8. The Labute approximate surface area is 179 Å². The predicted octanol–water partition coefficient (Wildman–Crippen LogP) is 5.03. The molecule has 0 unspecified atom stereocenters. The predicted molar refractivity (Wildman–Crippen MR) is 116 cm³/mol. The summed E-state index contributed by atoms with van der Waals surface area (Å²) < 4.78 is 0. The van der Waals surface area contributed by atoms with Gasteiger partial charge < -0.3 is 5.32 Å². The highest BCUT2D eigenvalue weighted by Gasteiger charge is 2.41. The Balaban J connectivity index is 1.60. The second-order valence-corrected chi connectivity index (χ2v) is 8.30. The Morgan fingerprint density at radius 3 is 2.38 bits per heavy atom. The van der Waals surface area contributed by atoms with E-state index in [2.05, 4.69) is 20.6 Å². The number of aliphatic imine (C=N–C) groups is 1. The number of nitrogens with one attached hydrogen (secondary N) is 2. The Morgan fingerprint density at radius 1 is 1.03 bits per heavy atom. The fourth-order valence-corrected chi connectivity index (χ4v) is 4.48. The summed E-state index contributed by atoms with van der Waals surface area (Å²) in [6, 6.07) is 6.64. The lowest BCUT2D eigenvalue weighted by molar-refractivity contribution is 0.209. The summed E-state index contributed by atoms with van der Waals surface area (Å²) in [7, 11) is 0. The van der Waals surface area contributed by atoms with Crippen molar-refractivity contribution in [2.45, 2.75) is 51.6 Å². The first-order valence-corrected chi connectivity index (χ1v) is 10.4. The molecule has 2 aromatic rings. The lowest BCUT2D eigenvalue weighted by Gasteiger charge is -2.31. The SMILES string of the molecule is Cc1cc(C)nc(NC2=N[C@@H]3CCCC[C@H]3N2C(=O)Nc2cc(Cl)cc(Cl)c2)n1. The van der Waals surface area contributed by atoms with Gasteiger partial charge in [0.1, 0.15) is 0 Å². The molecule has 1 aromatic heterocycles. The molecule has 0 saturated heterocycles. The highest BCUT2D eigenvalue weighted by Crippen LogP contribution is 2.32. The fraction of sp³-hybridized carbons (Fsp3) is 0.400. The summed E-state index contributed by atoms with van der Waals surface area (Å²) in [5, 5.41) is 6.97. The molecular formula is C20H22Cl2N6O. The molecule has 0 bridgehead atoms. The van der Waals surface area contributed by atoms with Gasteiger partial charge in [0.25, 0.3) is 0 Å². The lowest BCUT2D eigenvalue weighted by atomic mass is 9.91. The van der Waals surface area contributed by atoms with Crippen molar-refractivity contribution in [3.8, 4) is 0 Å². The van der Waals surface area contributed by atoms with Crippen LogP contribution in [-0.4, -0.2) is 38.9 Å². The van der Waals surface area contributed by atoms with Gasteiger partial charge in [-0.05, 0) is 51.0 Å². The zero-order chi connectivity index (χ0) is 20.5. The van der Waals surface area contributed by atoms with Gasteiger partial charge in [0.05, 0.1) is 12.1 Å². The number of nitrogens with zero attached hydrogens (tertiary/aromatic N) is 4. The number of amides is 2. The van der Waals surface area contributed by atoms with Crippen molar-refractivity contribution in [2.75, 3.05) is 10.6 Å². The van der Waals surface area contributed by atoms with Gasteiger partial charge in [-0.3, -0.25) is 10.2 Å². The lowest BCUT2D eigenvalue weighted by Crippen LogP contribution is -2.49. The average Bonchev–Trinajstić information content (AvgIpc) is 2.97. The topological polar surface area (TPSA) is 82.5 Å². The number of halogens is 2. The monoisotopic (exact) mass is 432 g/mol. The number of carbonyl (C=O) groups excluding carboxylic acids is 1. The van der Waals surface area contributed by atoms with Gasteiger partial charge in [0, 0.05) is 27.1 Å².